The molecule has 2 saturated heterocycles. The average Bonchev–Trinajstić information content (AvgIpc) is 3.06. The average molecular weight is 379 g/mol. The fraction of sp³-hybridized carbons (Fsp3) is 0.857. The van der Waals surface area contributed by atoms with E-state index in [0.29, 0.717) is 12.3 Å². The fourth-order valence-electron chi connectivity index (χ4n) is 5.55. The minimum Gasteiger partial charge on any atom is -0.664 e. The molecule has 0 aliphatic carbocycles. The van der Waals surface area contributed by atoms with Gasteiger partial charge in [-0.2, -0.15) is 0 Å². The summed E-state index contributed by atoms with van der Waals surface area (Å²) in [5.74, 6) is 0.936. The Kier molecular flexibility index (Phi) is 6.72. The molecule has 4 atom stereocenters. The zero-order chi connectivity index (χ0) is 19.4. The number of carbonyl (C=O) groups excluding carboxylic acids is 1. The molecule has 0 radical (unpaired) electrons. The summed E-state index contributed by atoms with van der Waals surface area (Å²) in [5, 5.41) is 0. The first kappa shape index (κ1) is 20.5. The second-order valence-electron chi connectivity index (χ2n) is 8.48. The number of nitrogens with one attached hydrogen (secondary N) is 1. The van der Waals surface area contributed by atoms with Crippen LogP contribution in [0.5, 0.6) is 0 Å². The van der Waals surface area contributed by atoms with Gasteiger partial charge in [0.15, 0.2) is 0 Å². The molecule has 3 aliphatic heterocycles. The van der Waals surface area contributed by atoms with Crippen LogP contribution in [-0.4, -0.2) is 72.1 Å². The summed E-state index contributed by atoms with van der Waals surface area (Å²) in [5.41, 5.74) is 7.92. The van der Waals surface area contributed by atoms with Crippen molar-refractivity contribution in [2.24, 2.45) is 11.8 Å². The van der Waals surface area contributed by atoms with E-state index in [0.717, 1.165) is 64.7 Å². The Morgan fingerprint density at radius 1 is 1.30 bits per heavy atom. The van der Waals surface area contributed by atoms with Gasteiger partial charge in [0.05, 0.1) is 5.54 Å². The molecular formula is C21H35FN4O. The van der Waals surface area contributed by atoms with Crippen LogP contribution in [0.1, 0.15) is 58.8 Å². The molecule has 4 unspecified atom stereocenters. The molecule has 1 amide bonds. The van der Waals surface area contributed by atoms with Crippen molar-refractivity contribution in [3.8, 4) is 0 Å². The van der Waals surface area contributed by atoms with Gasteiger partial charge in [0.2, 0.25) is 12.1 Å². The molecule has 0 aromatic heterocycles. The number of hydrogen-bond donors (Lipinski definition) is 0. The predicted octanol–water partition coefficient (Wildman–Crippen LogP) is 2.87. The second kappa shape index (κ2) is 8.85. The first-order valence-electron chi connectivity index (χ1n) is 10.8. The van der Waals surface area contributed by atoms with E-state index in [1.807, 2.05) is 4.90 Å². The van der Waals surface area contributed by atoms with Crippen LogP contribution in [0.4, 0.5) is 4.39 Å². The van der Waals surface area contributed by atoms with Crippen molar-refractivity contribution < 1.29 is 9.18 Å². The maximum atomic E-state index is 15.4. The van der Waals surface area contributed by atoms with Crippen molar-refractivity contribution in [1.82, 2.24) is 14.5 Å². The quantitative estimate of drug-likeness (QED) is 0.640. The Balaban J connectivity index is 1.73. The van der Waals surface area contributed by atoms with Gasteiger partial charge in [-0.05, 0) is 56.7 Å². The summed E-state index contributed by atoms with van der Waals surface area (Å²) in [4.78, 5) is 16.2. The van der Waals surface area contributed by atoms with E-state index >= 15 is 4.39 Å². The number of likely N-dealkylation sites (tertiary alicyclic amines) is 2. The van der Waals surface area contributed by atoms with Gasteiger partial charge in [0.25, 0.3) is 6.21 Å². The largest absolute Gasteiger partial charge is 0.664 e. The van der Waals surface area contributed by atoms with Gasteiger partial charge in [-0.25, -0.2) is 4.39 Å². The first-order chi connectivity index (χ1) is 13.0. The van der Waals surface area contributed by atoms with Crippen molar-refractivity contribution in [3.63, 3.8) is 0 Å². The van der Waals surface area contributed by atoms with Crippen LogP contribution in [0.25, 0.3) is 5.73 Å². The maximum absolute atomic E-state index is 15.4. The summed E-state index contributed by atoms with van der Waals surface area (Å²) in [7, 11) is 0. The lowest BCUT2D eigenvalue weighted by Crippen LogP contribution is -2.69. The minimum absolute atomic E-state index is 0.153. The second-order valence-corrected chi connectivity index (χ2v) is 8.48. The van der Waals surface area contributed by atoms with Crippen molar-refractivity contribution in [1.29, 1.82) is 0 Å². The molecule has 3 heterocycles. The molecule has 0 bridgehead atoms. The molecule has 3 aliphatic rings. The number of nitrogens with zero attached hydrogens (tertiary/aromatic N) is 3. The molecule has 27 heavy (non-hydrogen) atoms. The minimum atomic E-state index is -1.20. The van der Waals surface area contributed by atoms with Crippen LogP contribution in [0.15, 0.2) is 0 Å². The maximum Gasteiger partial charge on any atom is 0.304 e. The van der Waals surface area contributed by atoms with E-state index in [4.69, 9.17) is 5.73 Å². The molecule has 152 valence electrons. The Morgan fingerprint density at radius 3 is 2.59 bits per heavy atom. The highest BCUT2D eigenvalue weighted by atomic mass is 19.1. The summed E-state index contributed by atoms with van der Waals surface area (Å²) >= 11 is 0. The van der Waals surface area contributed by atoms with Gasteiger partial charge in [-0.15, -0.1) is 4.67 Å². The lowest BCUT2D eigenvalue weighted by Gasteiger charge is -2.55. The van der Waals surface area contributed by atoms with E-state index in [2.05, 4.69) is 23.4 Å². The van der Waals surface area contributed by atoms with Crippen LogP contribution in [-0.2, 0) is 4.79 Å². The standard InChI is InChI=1S/C21H35FN4O/c1-3-6-17(4-2)21(18(22)13-24-14-19(21)23)26-11-8-16(9-12-26)15-25-10-5-7-20(25)27/h13-14,16-19,23H,3-12,15H2,1-2H3. The number of rotatable bonds is 7. The Morgan fingerprint density at radius 2 is 2.04 bits per heavy atom. The molecule has 2 fully saturated rings. The van der Waals surface area contributed by atoms with Crippen LogP contribution in [0, 0.1) is 11.8 Å². The van der Waals surface area contributed by atoms with Gasteiger partial charge in [0.1, 0.15) is 0 Å². The highest BCUT2D eigenvalue weighted by molar-refractivity contribution is 5.81. The van der Waals surface area contributed by atoms with Crippen molar-refractivity contribution in [2.45, 2.75) is 76.5 Å². The molecule has 0 spiro atoms. The van der Waals surface area contributed by atoms with E-state index in [1.54, 1.807) is 6.21 Å². The van der Waals surface area contributed by atoms with Gasteiger partial charge in [-0.1, -0.05) is 26.7 Å². The summed E-state index contributed by atoms with van der Waals surface area (Å²) < 4.78 is 19.4. The first-order valence-corrected chi connectivity index (χ1v) is 10.8. The van der Waals surface area contributed by atoms with E-state index in [9.17, 15) is 4.79 Å². The Bertz CT molecular complexity index is 567. The molecule has 0 aromatic rings. The smallest absolute Gasteiger partial charge is 0.304 e. The molecule has 6 heteroatoms. The van der Waals surface area contributed by atoms with Crippen molar-refractivity contribution >= 4 is 18.3 Å². The third kappa shape index (κ3) is 3.85. The zero-order valence-corrected chi connectivity index (χ0v) is 16.9. The Labute approximate surface area is 162 Å². The summed E-state index contributed by atoms with van der Waals surface area (Å²) in [6, 6.07) is -0.634. The van der Waals surface area contributed by atoms with Crippen molar-refractivity contribution in [3.05, 3.63) is 5.73 Å². The van der Waals surface area contributed by atoms with Crippen LogP contribution < -0.4 is 4.67 Å². The van der Waals surface area contributed by atoms with Crippen molar-refractivity contribution in [2.75, 3.05) is 26.2 Å². The third-order valence-corrected chi connectivity index (χ3v) is 6.99. The predicted molar refractivity (Wildman–Crippen MR) is 109 cm³/mol. The molecule has 0 saturated carbocycles. The fourth-order valence-corrected chi connectivity index (χ4v) is 5.55. The highest BCUT2D eigenvalue weighted by Gasteiger charge is 2.54. The number of piperidine rings is 1. The number of alkyl halides is 1. The third-order valence-electron chi connectivity index (χ3n) is 6.99. The summed E-state index contributed by atoms with van der Waals surface area (Å²) in [6.07, 6.45) is 8.30. The molecule has 0 aromatic carbocycles. The summed E-state index contributed by atoms with van der Waals surface area (Å²) in [6.45, 7) is 7.63. The number of carbonyl (C=O) groups is 1. The van der Waals surface area contributed by atoms with Crippen LogP contribution in [0.2, 0.25) is 0 Å². The van der Waals surface area contributed by atoms with Gasteiger partial charge in [-0.3, -0.25) is 9.69 Å². The lowest BCUT2D eigenvalue weighted by atomic mass is 9.69. The normalized spacial score (nSPS) is 33.8. The number of hydrogen-bond acceptors (Lipinski definition) is 2. The molecule has 5 nitrogen and oxygen atoms in total. The SMILES string of the molecule is CCCC(CC)C1(N2CCC(CN3CCCC3=O)CC2)C([NH-])C=[N+]=CC1F. The monoisotopic (exact) mass is 378 g/mol. The molecule has 1 N–H and O–H groups in total. The van der Waals surface area contributed by atoms with Crippen LogP contribution >= 0.6 is 0 Å². The Hall–Kier alpha value is -1.23. The number of amides is 1. The lowest BCUT2D eigenvalue weighted by molar-refractivity contribution is -0.128. The van der Waals surface area contributed by atoms with E-state index < -0.39 is 17.8 Å². The number of halogens is 1. The zero-order valence-electron chi connectivity index (χ0n) is 16.9. The van der Waals surface area contributed by atoms with Gasteiger partial charge >= 0.3 is 6.21 Å². The van der Waals surface area contributed by atoms with Gasteiger partial charge in [0, 0.05) is 19.5 Å². The van der Waals surface area contributed by atoms with Crippen LogP contribution in [0.3, 0.4) is 0 Å². The van der Waals surface area contributed by atoms with E-state index in [1.165, 1.54) is 6.21 Å². The molecule has 3 rings (SSSR count). The molecular weight excluding hydrogens is 343 g/mol. The van der Waals surface area contributed by atoms with E-state index in [-0.39, 0.29) is 11.8 Å². The topological polar surface area (TPSA) is 61.5 Å². The highest BCUT2D eigenvalue weighted by Crippen LogP contribution is 2.41. The van der Waals surface area contributed by atoms with Gasteiger partial charge < -0.3 is 10.6 Å².